The standard InChI is InChI=1S/C16H22N6O/c1-11-19-20-15-14(17-7-10-22(11)15)21-8-5-12(6-9-21)16(23)18-13-3-2-4-13/h7,10,12-13H,2-6,8-9H2,1H3,(H,18,23). The van der Waals surface area contributed by atoms with Crippen LogP contribution in [0, 0.1) is 12.8 Å². The number of nitrogens with zero attached hydrogens (tertiary/aromatic N) is 5. The van der Waals surface area contributed by atoms with Crippen molar-refractivity contribution < 1.29 is 4.79 Å². The van der Waals surface area contributed by atoms with Crippen LogP contribution in [-0.4, -0.2) is 44.6 Å². The number of hydrogen-bond acceptors (Lipinski definition) is 5. The van der Waals surface area contributed by atoms with Crippen molar-refractivity contribution in [3.63, 3.8) is 0 Å². The molecule has 0 unspecified atom stereocenters. The highest BCUT2D eigenvalue weighted by Crippen LogP contribution is 2.26. The van der Waals surface area contributed by atoms with Crippen LogP contribution in [0.15, 0.2) is 12.4 Å². The molecule has 23 heavy (non-hydrogen) atoms. The van der Waals surface area contributed by atoms with Gasteiger partial charge in [0.1, 0.15) is 5.82 Å². The highest BCUT2D eigenvalue weighted by Gasteiger charge is 2.29. The molecule has 0 spiro atoms. The second kappa shape index (κ2) is 5.79. The Balaban J connectivity index is 1.43. The highest BCUT2D eigenvalue weighted by atomic mass is 16.2. The fourth-order valence-electron chi connectivity index (χ4n) is 3.38. The summed E-state index contributed by atoms with van der Waals surface area (Å²) in [4.78, 5) is 19.0. The van der Waals surface area contributed by atoms with E-state index < -0.39 is 0 Å². The molecule has 0 radical (unpaired) electrons. The monoisotopic (exact) mass is 314 g/mol. The van der Waals surface area contributed by atoms with E-state index >= 15 is 0 Å². The number of hydrogen-bond donors (Lipinski definition) is 1. The Bertz CT molecular complexity index is 714. The van der Waals surface area contributed by atoms with Gasteiger partial charge in [0.15, 0.2) is 5.82 Å². The molecule has 1 saturated heterocycles. The molecule has 122 valence electrons. The van der Waals surface area contributed by atoms with Crippen molar-refractivity contribution in [3.8, 4) is 0 Å². The third-order valence-corrected chi connectivity index (χ3v) is 5.10. The van der Waals surface area contributed by atoms with Crippen LogP contribution in [0.2, 0.25) is 0 Å². The molecule has 7 heteroatoms. The number of nitrogens with one attached hydrogen (secondary N) is 1. The van der Waals surface area contributed by atoms with Crippen molar-refractivity contribution in [1.29, 1.82) is 0 Å². The third kappa shape index (κ3) is 2.64. The van der Waals surface area contributed by atoms with Gasteiger partial charge in [0.25, 0.3) is 0 Å². The maximum Gasteiger partial charge on any atom is 0.223 e. The van der Waals surface area contributed by atoms with Gasteiger partial charge in [-0.1, -0.05) is 0 Å². The molecule has 2 aliphatic rings. The predicted octanol–water partition coefficient (Wildman–Crippen LogP) is 1.32. The van der Waals surface area contributed by atoms with Gasteiger partial charge in [0.2, 0.25) is 11.6 Å². The average Bonchev–Trinajstić information content (AvgIpc) is 2.92. The molecule has 0 bridgehead atoms. The number of carbonyl (C=O) groups is 1. The first-order valence-corrected chi connectivity index (χ1v) is 8.44. The molecular formula is C16H22N6O. The topological polar surface area (TPSA) is 75.4 Å². The summed E-state index contributed by atoms with van der Waals surface area (Å²) in [6.07, 6.45) is 8.94. The molecule has 3 heterocycles. The summed E-state index contributed by atoms with van der Waals surface area (Å²) in [5.74, 6) is 2.09. The lowest BCUT2D eigenvalue weighted by Crippen LogP contribution is -2.46. The molecule has 2 aromatic heterocycles. The van der Waals surface area contributed by atoms with Crippen LogP contribution in [-0.2, 0) is 4.79 Å². The van der Waals surface area contributed by atoms with Gasteiger partial charge in [-0.3, -0.25) is 9.20 Å². The molecule has 0 aromatic carbocycles. The Hall–Kier alpha value is -2.18. The molecule has 1 aliphatic carbocycles. The zero-order valence-corrected chi connectivity index (χ0v) is 13.4. The summed E-state index contributed by atoms with van der Waals surface area (Å²) in [6, 6.07) is 0.426. The van der Waals surface area contributed by atoms with Gasteiger partial charge in [-0.15, -0.1) is 10.2 Å². The Morgan fingerprint density at radius 1 is 1.22 bits per heavy atom. The molecule has 1 aliphatic heterocycles. The zero-order chi connectivity index (χ0) is 15.8. The summed E-state index contributed by atoms with van der Waals surface area (Å²) in [7, 11) is 0. The summed E-state index contributed by atoms with van der Waals surface area (Å²) in [5.41, 5.74) is 0.794. The average molecular weight is 314 g/mol. The fraction of sp³-hybridized carbons (Fsp3) is 0.625. The maximum absolute atomic E-state index is 12.3. The molecule has 4 rings (SSSR count). The van der Waals surface area contributed by atoms with Gasteiger partial charge in [-0.2, -0.15) is 0 Å². The first kappa shape index (κ1) is 14.4. The van der Waals surface area contributed by atoms with Crippen LogP contribution < -0.4 is 10.2 Å². The van der Waals surface area contributed by atoms with Crippen molar-refractivity contribution in [2.24, 2.45) is 5.92 Å². The molecule has 2 aromatic rings. The molecule has 7 nitrogen and oxygen atoms in total. The summed E-state index contributed by atoms with van der Waals surface area (Å²) < 4.78 is 1.96. The zero-order valence-electron chi connectivity index (χ0n) is 13.4. The number of rotatable bonds is 3. The second-order valence-electron chi connectivity index (χ2n) is 6.59. The number of piperidine rings is 1. The normalized spacial score (nSPS) is 19.8. The number of aromatic nitrogens is 4. The Morgan fingerprint density at radius 3 is 2.70 bits per heavy atom. The molecular weight excluding hydrogens is 292 g/mol. The minimum absolute atomic E-state index is 0.131. The SMILES string of the molecule is Cc1nnc2c(N3CCC(C(=O)NC4CCC4)CC3)nccn12. The predicted molar refractivity (Wildman–Crippen MR) is 86.2 cm³/mol. The maximum atomic E-state index is 12.3. The smallest absolute Gasteiger partial charge is 0.223 e. The third-order valence-electron chi connectivity index (χ3n) is 5.10. The van der Waals surface area contributed by atoms with Crippen molar-refractivity contribution in [1.82, 2.24) is 24.9 Å². The highest BCUT2D eigenvalue weighted by molar-refractivity contribution is 5.79. The van der Waals surface area contributed by atoms with E-state index in [-0.39, 0.29) is 11.8 Å². The van der Waals surface area contributed by atoms with Crippen molar-refractivity contribution in [3.05, 3.63) is 18.2 Å². The lowest BCUT2D eigenvalue weighted by molar-refractivity contribution is -0.126. The van der Waals surface area contributed by atoms with E-state index in [1.54, 1.807) is 6.20 Å². The Kier molecular flexibility index (Phi) is 3.63. The lowest BCUT2D eigenvalue weighted by atomic mass is 9.90. The van der Waals surface area contributed by atoms with Gasteiger partial charge in [-0.25, -0.2) is 4.98 Å². The lowest BCUT2D eigenvalue weighted by Gasteiger charge is -2.34. The first-order valence-electron chi connectivity index (χ1n) is 8.44. The molecule has 2 fully saturated rings. The second-order valence-corrected chi connectivity index (χ2v) is 6.59. The van der Waals surface area contributed by atoms with Gasteiger partial charge >= 0.3 is 0 Å². The number of carbonyl (C=O) groups excluding carboxylic acids is 1. The van der Waals surface area contributed by atoms with Crippen LogP contribution in [0.3, 0.4) is 0 Å². The van der Waals surface area contributed by atoms with E-state index in [9.17, 15) is 4.79 Å². The van der Waals surface area contributed by atoms with E-state index in [1.165, 1.54) is 6.42 Å². The fourth-order valence-corrected chi connectivity index (χ4v) is 3.38. The number of anilines is 1. The largest absolute Gasteiger partial charge is 0.353 e. The summed E-state index contributed by atoms with van der Waals surface area (Å²) in [6.45, 7) is 3.60. The van der Waals surface area contributed by atoms with Crippen LogP contribution in [0.1, 0.15) is 37.9 Å². The van der Waals surface area contributed by atoms with Crippen molar-refractivity contribution in [2.45, 2.75) is 45.1 Å². The van der Waals surface area contributed by atoms with Crippen molar-refractivity contribution >= 4 is 17.4 Å². The van der Waals surface area contributed by atoms with Crippen LogP contribution in [0.4, 0.5) is 5.82 Å². The van der Waals surface area contributed by atoms with Gasteiger partial charge in [0.05, 0.1) is 0 Å². The molecule has 1 N–H and O–H groups in total. The van der Waals surface area contributed by atoms with E-state index in [2.05, 4.69) is 25.4 Å². The first-order chi connectivity index (χ1) is 11.2. The summed E-state index contributed by atoms with van der Waals surface area (Å²) in [5, 5.41) is 11.5. The van der Waals surface area contributed by atoms with Crippen LogP contribution in [0.5, 0.6) is 0 Å². The molecule has 1 amide bonds. The van der Waals surface area contributed by atoms with E-state index in [1.807, 2.05) is 17.5 Å². The Morgan fingerprint density at radius 2 is 2.00 bits per heavy atom. The van der Waals surface area contributed by atoms with E-state index in [0.717, 1.165) is 56.1 Å². The van der Waals surface area contributed by atoms with Crippen molar-refractivity contribution in [2.75, 3.05) is 18.0 Å². The number of fused-ring (bicyclic) bond motifs is 1. The minimum atomic E-state index is 0.131. The van der Waals surface area contributed by atoms with Gasteiger partial charge in [-0.05, 0) is 39.0 Å². The minimum Gasteiger partial charge on any atom is -0.353 e. The van der Waals surface area contributed by atoms with E-state index in [4.69, 9.17) is 0 Å². The molecule has 0 atom stereocenters. The van der Waals surface area contributed by atoms with Crippen LogP contribution in [0.25, 0.3) is 5.65 Å². The van der Waals surface area contributed by atoms with Gasteiger partial charge in [0, 0.05) is 37.4 Å². The quantitative estimate of drug-likeness (QED) is 0.925. The summed E-state index contributed by atoms with van der Waals surface area (Å²) >= 11 is 0. The Labute approximate surface area is 135 Å². The van der Waals surface area contributed by atoms with Gasteiger partial charge < -0.3 is 10.2 Å². The molecule has 1 saturated carbocycles. The number of amides is 1. The number of aryl methyl sites for hydroxylation is 1. The van der Waals surface area contributed by atoms with E-state index in [0.29, 0.717) is 6.04 Å². The van der Waals surface area contributed by atoms with Crippen LogP contribution >= 0.6 is 0 Å².